The lowest BCUT2D eigenvalue weighted by molar-refractivity contribution is 1.66. The molecule has 0 aliphatic heterocycles. The number of benzene rings is 10. The lowest BCUT2D eigenvalue weighted by Crippen LogP contribution is -1.91. The monoisotopic (exact) mass is 662 g/mol. The van der Waals surface area contributed by atoms with Crippen LogP contribution in [-0.2, 0) is 0 Å². The van der Waals surface area contributed by atoms with Gasteiger partial charge in [0.25, 0.3) is 0 Å². The normalized spacial score (nSPS) is 11.9. The van der Waals surface area contributed by atoms with Gasteiger partial charge in [0.05, 0.1) is 0 Å². The van der Waals surface area contributed by atoms with Crippen molar-refractivity contribution < 1.29 is 0 Å². The molecule has 0 nitrogen and oxygen atoms in total. The molecule has 0 saturated heterocycles. The van der Waals surface area contributed by atoms with Crippen molar-refractivity contribution >= 4 is 85.4 Å². The SMILES string of the molecule is c1ccc(-c2c3ccccc3c(-c3ccc4cc(-c5cc6sc7cc8ccccc8cc7c6c6ccccc56)ccc4c3)c3ccccc23)cc1. The molecule has 1 heterocycles. The van der Waals surface area contributed by atoms with Crippen molar-refractivity contribution in [3.05, 3.63) is 182 Å². The van der Waals surface area contributed by atoms with Gasteiger partial charge >= 0.3 is 0 Å². The summed E-state index contributed by atoms with van der Waals surface area (Å²) in [5.41, 5.74) is 7.62. The minimum Gasteiger partial charge on any atom is -0.135 e. The van der Waals surface area contributed by atoms with E-state index in [9.17, 15) is 0 Å². The molecule has 11 rings (SSSR count). The summed E-state index contributed by atoms with van der Waals surface area (Å²) in [4.78, 5) is 0. The molecule has 51 heavy (non-hydrogen) atoms. The molecule has 0 aliphatic rings. The first-order valence-electron chi connectivity index (χ1n) is 17.6. The van der Waals surface area contributed by atoms with Crippen LogP contribution >= 0.6 is 11.3 Å². The van der Waals surface area contributed by atoms with Gasteiger partial charge in [0.1, 0.15) is 0 Å². The molecule has 0 aliphatic carbocycles. The Morgan fingerprint density at radius 1 is 0.275 bits per heavy atom. The predicted molar refractivity (Wildman–Crippen MR) is 223 cm³/mol. The Balaban J connectivity index is 1.09. The Labute approximate surface area is 299 Å². The average molecular weight is 663 g/mol. The van der Waals surface area contributed by atoms with Crippen molar-refractivity contribution in [2.24, 2.45) is 0 Å². The Bertz CT molecular complexity index is 3130. The lowest BCUT2D eigenvalue weighted by atomic mass is 9.85. The van der Waals surface area contributed by atoms with E-state index in [-0.39, 0.29) is 0 Å². The molecule has 0 fully saturated rings. The maximum absolute atomic E-state index is 2.43. The largest absolute Gasteiger partial charge is 0.135 e. The molecule has 10 aromatic carbocycles. The van der Waals surface area contributed by atoms with Crippen molar-refractivity contribution in [3.8, 4) is 33.4 Å². The second-order valence-electron chi connectivity index (χ2n) is 13.6. The summed E-state index contributed by atoms with van der Waals surface area (Å²) in [7, 11) is 0. The van der Waals surface area contributed by atoms with Gasteiger partial charge in [-0.2, -0.15) is 0 Å². The van der Waals surface area contributed by atoms with Crippen LogP contribution in [0, 0.1) is 0 Å². The fourth-order valence-electron chi connectivity index (χ4n) is 8.49. The number of thiophene rings is 1. The number of fused-ring (bicyclic) bond motifs is 9. The van der Waals surface area contributed by atoms with Gasteiger partial charge in [-0.05, 0) is 118 Å². The van der Waals surface area contributed by atoms with E-state index in [4.69, 9.17) is 0 Å². The molecule has 0 unspecified atom stereocenters. The maximum Gasteiger partial charge on any atom is 0.0368 e. The summed E-state index contributed by atoms with van der Waals surface area (Å²) < 4.78 is 2.68. The van der Waals surface area contributed by atoms with Gasteiger partial charge in [0.2, 0.25) is 0 Å². The zero-order valence-corrected chi connectivity index (χ0v) is 28.5. The first kappa shape index (κ1) is 28.5. The van der Waals surface area contributed by atoms with Crippen molar-refractivity contribution in [2.45, 2.75) is 0 Å². The molecule has 0 radical (unpaired) electrons. The van der Waals surface area contributed by atoms with Crippen LogP contribution in [0.5, 0.6) is 0 Å². The highest BCUT2D eigenvalue weighted by Crippen LogP contribution is 2.46. The zero-order valence-electron chi connectivity index (χ0n) is 27.7. The van der Waals surface area contributed by atoms with Crippen molar-refractivity contribution in [3.63, 3.8) is 0 Å². The molecule has 0 saturated carbocycles. The Kier molecular flexibility index (Phi) is 6.22. The van der Waals surface area contributed by atoms with E-state index < -0.39 is 0 Å². The second kappa shape index (κ2) is 11.1. The molecule has 0 bridgehead atoms. The van der Waals surface area contributed by atoms with E-state index in [1.54, 1.807) is 0 Å². The summed E-state index contributed by atoms with van der Waals surface area (Å²) in [6.45, 7) is 0. The van der Waals surface area contributed by atoms with Crippen LogP contribution in [0.25, 0.3) is 107 Å². The van der Waals surface area contributed by atoms with Gasteiger partial charge in [-0.25, -0.2) is 0 Å². The Morgan fingerprint density at radius 3 is 1.43 bits per heavy atom. The number of rotatable bonds is 3. The van der Waals surface area contributed by atoms with Gasteiger partial charge in [-0.15, -0.1) is 11.3 Å². The van der Waals surface area contributed by atoms with Crippen LogP contribution in [0.1, 0.15) is 0 Å². The van der Waals surface area contributed by atoms with Gasteiger partial charge in [-0.3, -0.25) is 0 Å². The first-order valence-corrected chi connectivity index (χ1v) is 18.4. The summed E-state index contributed by atoms with van der Waals surface area (Å²) in [5.74, 6) is 0. The van der Waals surface area contributed by atoms with Gasteiger partial charge in [0, 0.05) is 20.2 Å². The quantitative estimate of drug-likeness (QED) is 0.165. The molecule has 0 amide bonds. The molecule has 0 spiro atoms. The molecule has 1 heteroatoms. The van der Waals surface area contributed by atoms with Crippen LogP contribution in [0.4, 0.5) is 0 Å². The van der Waals surface area contributed by atoms with E-state index in [1.165, 1.54) is 107 Å². The van der Waals surface area contributed by atoms with Gasteiger partial charge in [0.15, 0.2) is 0 Å². The van der Waals surface area contributed by atoms with Crippen molar-refractivity contribution in [2.75, 3.05) is 0 Å². The molecule has 0 N–H and O–H groups in total. The fourth-order valence-corrected chi connectivity index (χ4v) is 9.68. The highest BCUT2D eigenvalue weighted by Gasteiger charge is 2.18. The summed E-state index contributed by atoms with van der Waals surface area (Å²) in [6, 6.07) is 67.4. The summed E-state index contributed by atoms with van der Waals surface area (Å²) >= 11 is 1.90. The first-order chi connectivity index (χ1) is 25.3. The predicted octanol–water partition coefficient (Wildman–Crippen LogP) is 14.8. The number of hydrogen-bond donors (Lipinski definition) is 0. The molecule has 236 valence electrons. The summed E-state index contributed by atoms with van der Waals surface area (Å²) in [6.07, 6.45) is 0. The minimum atomic E-state index is 1.24. The van der Waals surface area contributed by atoms with Crippen molar-refractivity contribution in [1.82, 2.24) is 0 Å². The minimum absolute atomic E-state index is 1.24. The lowest BCUT2D eigenvalue weighted by Gasteiger charge is -2.18. The highest BCUT2D eigenvalue weighted by atomic mass is 32.1. The van der Waals surface area contributed by atoms with Crippen LogP contribution in [-0.4, -0.2) is 0 Å². The van der Waals surface area contributed by atoms with E-state index in [2.05, 4.69) is 182 Å². The van der Waals surface area contributed by atoms with Crippen LogP contribution in [0.3, 0.4) is 0 Å². The Hall–Kier alpha value is -6.28. The Morgan fingerprint density at radius 2 is 0.765 bits per heavy atom. The molecule has 1 aromatic heterocycles. The molecular formula is C50H30S. The smallest absolute Gasteiger partial charge is 0.0368 e. The standard InChI is InChI=1S/C50H30S/c1-2-12-31(13-3-1)48-40-18-8-10-20-42(40)49(43-21-11-9-19-41(43)48)37-25-23-34-26-36(24-22-35(34)27-37)44-30-47-50(39-17-7-6-16-38(39)44)45-28-32-14-4-5-15-33(32)29-46(45)51-47/h1-30H. The number of hydrogen-bond acceptors (Lipinski definition) is 1. The van der Waals surface area contributed by atoms with Gasteiger partial charge in [-0.1, -0.05) is 152 Å². The molecule has 11 aromatic rings. The van der Waals surface area contributed by atoms with Crippen LogP contribution in [0.2, 0.25) is 0 Å². The zero-order chi connectivity index (χ0) is 33.5. The van der Waals surface area contributed by atoms with Crippen LogP contribution in [0.15, 0.2) is 182 Å². The maximum atomic E-state index is 2.43. The topological polar surface area (TPSA) is 0 Å². The van der Waals surface area contributed by atoms with Crippen molar-refractivity contribution in [1.29, 1.82) is 0 Å². The highest BCUT2D eigenvalue weighted by molar-refractivity contribution is 7.26. The third-order valence-corrected chi connectivity index (χ3v) is 11.9. The fraction of sp³-hybridized carbons (Fsp3) is 0. The molecule has 0 atom stereocenters. The van der Waals surface area contributed by atoms with E-state index in [0.29, 0.717) is 0 Å². The van der Waals surface area contributed by atoms with E-state index >= 15 is 0 Å². The summed E-state index contributed by atoms with van der Waals surface area (Å²) in [5, 5.41) is 15.5. The molecular weight excluding hydrogens is 633 g/mol. The third-order valence-electron chi connectivity index (χ3n) is 10.8. The van der Waals surface area contributed by atoms with Crippen LogP contribution < -0.4 is 0 Å². The third kappa shape index (κ3) is 4.39. The van der Waals surface area contributed by atoms with E-state index in [1.807, 2.05) is 11.3 Å². The second-order valence-corrected chi connectivity index (χ2v) is 14.7. The van der Waals surface area contributed by atoms with Gasteiger partial charge < -0.3 is 0 Å². The van der Waals surface area contributed by atoms with E-state index in [0.717, 1.165) is 0 Å². The average Bonchev–Trinajstić information content (AvgIpc) is 3.56.